The summed E-state index contributed by atoms with van der Waals surface area (Å²) in [5.74, 6) is -0.266. The van der Waals surface area contributed by atoms with Crippen LogP contribution in [-0.2, 0) is 6.54 Å². The lowest BCUT2D eigenvalue weighted by Crippen LogP contribution is -2.09. The van der Waals surface area contributed by atoms with Crippen LogP contribution < -0.4 is 11.1 Å². The maximum absolute atomic E-state index is 13.6. The van der Waals surface area contributed by atoms with Crippen LogP contribution in [0.4, 0.5) is 10.2 Å². The second-order valence-electron chi connectivity index (χ2n) is 4.30. The van der Waals surface area contributed by atoms with Crippen LogP contribution in [0.2, 0.25) is 5.02 Å². The number of hydrogen-bond acceptors (Lipinski definition) is 3. The average molecular weight is 280 g/mol. The monoisotopic (exact) mass is 279 g/mol. The zero-order valence-electron chi connectivity index (χ0n) is 10.5. The van der Waals surface area contributed by atoms with Crippen LogP contribution in [0, 0.1) is 5.82 Å². The predicted octanol–water partition coefficient (Wildman–Crippen LogP) is 3.51. The van der Waals surface area contributed by atoms with Crippen LogP contribution in [0.5, 0.6) is 0 Å². The molecule has 2 rings (SSSR count). The zero-order valence-corrected chi connectivity index (χ0v) is 11.3. The van der Waals surface area contributed by atoms with Crippen molar-refractivity contribution in [2.24, 2.45) is 5.73 Å². The van der Waals surface area contributed by atoms with E-state index in [0.717, 1.165) is 11.1 Å². The first-order valence-corrected chi connectivity index (χ1v) is 6.34. The molecule has 0 aliphatic carbocycles. The molecule has 0 saturated heterocycles. The second kappa shape index (κ2) is 5.99. The van der Waals surface area contributed by atoms with Crippen molar-refractivity contribution in [3.8, 4) is 0 Å². The van der Waals surface area contributed by atoms with Crippen LogP contribution in [0.25, 0.3) is 0 Å². The molecule has 0 amide bonds. The van der Waals surface area contributed by atoms with Gasteiger partial charge in [-0.15, -0.1) is 0 Å². The van der Waals surface area contributed by atoms with Gasteiger partial charge in [-0.25, -0.2) is 9.37 Å². The molecule has 0 saturated carbocycles. The molecular formula is C14H15ClFN3. The molecule has 1 heterocycles. The number of halogens is 2. The molecule has 3 N–H and O–H groups in total. The minimum absolute atomic E-state index is 0.0602. The Morgan fingerprint density at radius 1 is 1.37 bits per heavy atom. The topological polar surface area (TPSA) is 50.9 Å². The highest BCUT2D eigenvalue weighted by molar-refractivity contribution is 6.30. The Labute approximate surface area is 116 Å². The molecule has 0 aliphatic heterocycles. The lowest BCUT2D eigenvalue weighted by molar-refractivity contribution is 0.621. The Kier molecular flexibility index (Phi) is 4.35. The van der Waals surface area contributed by atoms with Gasteiger partial charge in [0.25, 0.3) is 0 Å². The molecule has 0 radical (unpaired) electrons. The first kappa shape index (κ1) is 13.8. The van der Waals surface area contributed by atoms with Crippen molar-refractivity contribution in [3.63, 3.8) is 0 Å². The van der Waals surface area contributed by atoms with Crippen molar-refractivity contribution in [2.45, 2.75) is 19.5 Å². The Bertz CT molecular complexity index is 557. The number of nitrogens with two attached hydrogens (primary N) is 1. The molecule has 0 bridgehead atoms. The van der Waals surface area contributed by atoms with E-state index >= 15 is 0 Å². The molecule has 0 spiro atoms. The molecule has 2 aromatic rings. The van der Waals surface area contributed by atoms with Crippen LogP contribution in [0.15, 0.2) is 36.5 Å². The van der Waals surface area contributed by atoms with Crippen molar-refractivity contribution in [2.75, 3.05) is 5.32 Å². The van der Waals surface area contributed by atoms with Gasteiger partial charge in [-0.2, -0.15) is 0 Å². The van der Waals surface area contributed by atoms with E-state index in [0.29, 0.717) is 6.54 Å². The third kappa shape index (κ3) is 3.43. The highest BCUT2D eigenvalue weighted by Crippen LogP contribution is 2.22. The molecule has 1 aromatic heterocycles. The van der Waals surface area contributed by atoms with E-state index in [2.05, 4.69) is 10.3 Å². The summed E-state index contributed by atoms with van der Waals surface area (Å²) in [4.78, 5) is 3.94. The SMILES string of the molecule is CC(Nc1ncc(Cl)cc1F)c1ccc(CN)cc1. The standard InChI is InChI=1S/C14H15ClFN3/c1-9(11-4-2-10(7-17)3-5-11)19-14-13(16)6-12(15)8-18-14/h2-6,8-9H,7,17H2,1H3,(H,18,19). The normalized spacial score (nSPS) is 12.2. The van der Waals surface area contributed by atoms with Gasteiger partial charge in [0.05, 0.1) is 11.1 Å². The van der Waals surface area contributed by atoms with E-state index in [1.807, 2.05) is 31.2 Å². The first-order valence-electron chi connectivity index (χ1n) is 5.96. The van der Waals surface area contributed by atoms with Gasteiger partial charge in [-0.3, -0.25) is 0 Å². The summed E-state index contributed by atoms with van der Waals surface area (Å²) in [5.41, 5.74) is 7.64. The molecule has 3 nitrogen and oxygen atoms in total. The third-order valence-electron chi connectivity index (χ3n) is 2.88. The highest BCUT2D eigenvalue weighted by Gasteiger charge is 2.10. The van der Waals surface area contributed by atoms with E-state index < -0.39 is 5.82 Å². The number of pyridine rings is 1. The fraction of sp³-hybridized carbons (Fsp3) is 0.214. The molecule has 1 unspecified atom stereocenters. The molecule has 100 valence electrons. The summed E-state index contributed by atoms with van der Waals surface area (Å²) in [6.45, 7) is 2.45. The van der Waals surface area contributed by atoms with Crippen LogP contribution in [-0.4, -0.2) is 4.98 Å². The molecule has 19 heavy (non-hydrogen) atoms. The van der Waals surface area contributed by atoms with Gasteiger partial charge in [0, 0.05) is 12.7 Å². The number of aromatic nitrogens is 1. The first-order chi connectivity index (χ1) is 9.10. The predicted molar refractivity (Wildman–Crippen MR) is 75.6 cm³/mol. The fourth-order valence-corrected chi connectivity index (χ4v) is 1.90. The van der Waals surface area contributed by atoms with Gasteiger partial charge in [-0.05, 0) is 24.1 Å². The summed E-state index contributed by atoms with van der Waals surface area (Å²) in [6.07, 6.45) is 1.41. The summed E-state index contributed by atoms with van der Waals surface area (Å²) >= 11 is 5.66. The fourth-order valence-electron chi connectivity index (χ4n) is 1.75. The molecule has 5 heteroatoms. The van der Waals surface area contributed by atoms with Crippen LogP contribution >= 0.6 is 11.6 Å². The van der Waals surface area contributed by atoms with Gasteiger partial charge in [0.1, 0.15) is 0 Å². The van der Waals surface area contributed by atoms with Crippen molar-refractivity contribution in [1.29, 1.82) is 0 Å². The van der Waals surface area contributed by atoms with Gasteiger partial charge in [-0.1, -0.05) is 35.9 Å². The van der Waals surface area contributed by atoms with Crippen molar-refractivity contribution >= 4 is 17.4 Å². The Hall–Kier alpha value is -1.65. The van der Waals surface area contributed by atoms with E-state index in [1.165, 1.54) is 12.3 Å². The van der Waals surface area contributed by atoms with E-state index in [1.54, 1.807) is 0 Å². The highest BCUT2D eigenvalue weighted by atomic mass is 35.5. The number of rotatable bonds is 4. The van der Waals surface area contributed by atoms with Crippen LogP contribution in [0.3, 0.4) is 0 Å². The maximum atomic E-state index is 13.6. The lowest BCUT2D eigenvalue weighted by Gasteiger charge is -2.15. The number of nitrogens with zero attached hydrogens (tertiary/aromatic N) is 1. The quantitative estimate of drug-likeness (QED) is 0.900. The van der Waals surface area contributed by atoms with Crippen LogP contribution in [0.1, 0.15) is 24.1 Å². The number of hydrogen-bond donors (Lipinski definition) is 2. The number of anilines is 1. The minimum atomic E-state index is -0.460. The van der Waals surface area contributed by atoms with Gasteiger partial charge >= 0.3 is 0 Å². The summed E-state index contributed by atoms with van der Waals surface area (Å²) in [7, 11) is 0. The lowest BCUT2D eigenvalue weighted by atomic mass is 10.1. The van der Waals surface area contributed by atoms with Crippen molar-refractivity contribution < 1.29 is 4.39 Å². The molecule has 1 aromatic carbocycles. The van der Waals surface area contributed by atoms with Gasteiger partial charge in [0.2, 0.25) is 0 Å². The molecule has 0 fully saturated rings. The molecular weight excluding hydrogens is 265 g/mol. The number of nitrogens with one attached hydrogen (secondary N) is 1. The van der Waals surface area contributed by atoms with Gasteiger partial charge < -0.3 is 11.1 Å². The van der Waals surface area contributed by atoms with Crippen molar-refractivity contribution in [3.05, 3.63) is 58.5 Å². The van der Waals surface area contributed by atoms with E-state index in [4.69, 9.17) is 17.3 Å². The zero-order chi connectivity index (χ0) is 13.8. The Balaban J connectivity index is 2.13. The summed E-state index contributed by atoms with van der Waals surface area (Å²) < 4.78 is 13.6. The Morgan fingerprint density at radius 3 is 2.63 bits per heavy atom. The van der Waals surface area contributed by atoms with Gasteiger partial charge in [0.15, 0.2) is 11.6 Å². The van der Waals surface area contributed by atoms with Crippen molar-refractivity contribution in [1.82, 2.24) is 4.98 Å². The second-order valence-corrected chi connectivity index (χ2v) is 4.73. The largest absolute Gasteiger partial charge is 0.361 e. The summed E-state index contributed by atoms with van der Waals surface area (Å²) in [6, 6.07) is 9.02. The number of benzene rings is 1. The molecule has 1 atom stereocenters. The van der Waals surface area contributed by atoms with E-state index in [9.17, 15) is 4.39 Å². The smallest absolute Gasteiger partial charge is 0.166 e. The third-order valence-corrected chi connectivity index (χ3v) is 3.08. The van der Waals surface area contributed by atoms with E-state index in [-0.39, 0.29) is 16.9 Å². The average Bonchev–Trinajstić information content (AvgIpc) is 2.42. The summed E-state index contributed by atoms with van der Waals surface area (Å²) in [5, 5.41) is 3.30. The molecule has 0 aliphatic rings. The maximum Gasteiger partial charge on any atom is 0.166 e. The minimum Gasteiger partial charge on any atom is -0.361 e. The Morgan fingerprint density at radius 2 is 2.05 bits per heavy atom.